The molecule has 0 aromatic heterocycles. The summed E-state index contributed by atoms with van der Waals surface area (Å²) in [5, 5.41) is 3.90. The minimum absolute atomic E-state index is 0.0420. The Kier molecular flexibility index (Phi) is 6.70. The van der Waals surface area contributed by atoms with Gasteiger partial charge in [0.15, 0.2) is 0 Å². The van der Waals surface area contributed by atoms with Gasteiger partial charge in [-0.2, -0.15) is 0 Å². The molecule has 2 fully saturated rings. The zero-order valence-electron chi connectivity index (χ0n) is 14.6. The lowest BCUT2D eigenvalue weighted by Gasteiger charge is -2.35. The number of carbonyl (C=O) groups excluding carboxylic acids is 1. The third-order valence-electron chi connectivity index (χ3n) is 5.31. The molecule has 0 spiro atoms. The normalized spacial score (nSPS) is 26.2. The summed E-state index contributed by atoms with van der Waals surface area (Å²) in [5.74, 6) is 0.167. The van der Waals surface area contributed by atoms with Crippen molar-refractivity contribution < 1.29 is 9.53 Å². The molecule has 1 aromatic rings. The van der Waals surface area contributed by atoms with E-state index < -0.39 is 0 Å². The van der Waals surface area contributed by atoms with Crippen LogP contribution in [-0.2, 0) is 9.53 Å². The van der Waals surface area contributed by atoms with E-state index in [-0.39, 0.29) is 23.9 Å². The van der Waals surface area contributed by atoms with Crippen molar-refractivity contribution in [3.63, 3.8) is 0 Å². The van der Waals surface area contributed by atoms with Gasteiger partial charge in [-0.3, -0.25) is 9.69 Å². The molecule has 1 saturated heterocycles. The maximum absolute atomic E-state index is 12.6. The van der Waals surface area contributed by atoms with Crippen LogP contribution in [0, 0.1) is 5.92 Å². The summed E-state index contributed by atoms with van der Waals surface area (Å²) in [6.45, 7) is 3.69. The van der Waals surface area contributed by atoms with Gasteiger partial charge in [-0.15, -0.1) is 0 Å². The van der Waals surface area contributed by atoms with Crippen LogP contribution < -0.4 is 11.1 Å². The van der Waals surface area contributed by atoms with Crippen LogP contribution in [0.3, 0.4) is 0 Å². The summed E-state index contributed by atoms with van der Waals surface area (Å²) < 4.78 is 5.47. The van der Waals surface area contributed by atoms with Crippen molar-refractivity contribution in [3.8, 4) is 0 Å². The average molecular weight is 366 g/mol. The number of rotatable bonds is 5. The molecule has 25 heavy (non-hydrogen) atoms. The summed E-state index contributed by atoms with van der Waals surface area (Å²) in [5.41, 5.74) is 7.09. The largest absolute Gasteiger partial charge is 0.379 e. The molecule has 0 bridgehead atoms. The molecule has 1 amide bonds. The van der Waals surface area contributed by atoms with E-state index in [2.05, 4.69) is 10.2 Å². The summed E-state index contributed by atoms with van der Waals surface area (Å²) in [4.78, 5) is 14.9. The van der Waals surface area contributed by atoms with Gasteiger partial charge in [0.25, 0.3) is 0 Å². The lowest BCUT2D eigenvalue weighted by atomic mass is 9.85. The number of amides is 1. The minimum Gasteiger partial charge on any atom is -0.379 e. The molecule has 3 atom stereocenters. The Bertz CT molecular complexity index is 578. The molecule has 1 saturated carbocycles. The maximum atomic E-state index is 12.6. The minimum atomic E-state index is 0.0420. The zero-order chi connectivity index (χ0) is 17.6. The Morgan fingerprint density at radius 2 is 2.08 bits per heavy atom. The predicted molar refractivity (Wildman–Crippen MR) is 99.5 cm³/mol. The standard InChI is InChI=1S/C19H28ClN3O2/c20-17-7-2-1-6-16(17)18(23-8-10-25-11-9-23)13-22-19(24)14-4-3-5-15(21)12-14/h1-2,6-7,14-15,18H,3-5,8-13,21H2,(H,22,24)/t14-,15+,18-/m0/s1. The highest BCUT2D eigenvalue weighted by Gasteiger charge is 2.28. The van der Waals surface area contributed by atoms with Crippen LogP contribution in [-0.4, -0.2) is 49.7 Å². The molecule has 3 N–H and O–H groups in total. The molecule has 1 aromatic carbocycles. The number of morpholine rings is 1. The van der Waals surface area contributed by atoms with Gasteiger partial charge in [-0.25, -0.2) is 0 Å². The number of carbonyl (C=O) groups is 1. The molecular formula is C19H28ClN3O2. The van der Waals surface area contributed by atoms with Gasteiger partial charge < -0.3 is 15.8 Å². The molecular weight excluding hydrogens is 338 g/mol. The Labute approximate surface area is 154 Å². The van der Waals surface area contributed by atoms with Gasteiger partial charge in [0, 0.05) is 36.6 Å². The van der Waals surface area contributed by atoms with Crippen molar-refractivity contribution in [1.82, 2.24) is 10.2 Å². The second-order valence-electron chi connectivity index (χ2n) is 7.05. The zero-order valence-corrected chi connectivity index (χ0v) is 15.4. The topological polar surface area (TPSA) is 67.6 Å². The quantitative estimate of drug-likeness (QED) is 0.840. The Balaban J connectivity index is 1.67. The number of nitrogens with one attached hydrogen (secondary N) is 1. The Morgan fingerprint density at radius 1 is 1.32 bits per heavy atom. The van der Waals surface area contributed by atoms with Crippen LogP contribution in [0.5, 0.6) is 0 Å². The highest BCUT2D eigenvalue weighted by atomic mass is 35.5. The molecule has 5 nitrogen and oxygen atoms in total. The van der Waals surface area contributed by atoms with Crippen LogP contribution >= 0.6 is 11.6 Å². The van der Waals surface area contributed by atoms with E-state index in [4.69, 9.17) is 22.1 Å². The van der Waals surface area contributed by atoms with Crippen molar-refractivity contribution in [1.29, 1.82) is 0 Å². The second kappa shape index (κ2) is 8.99. The van der Waals surface area contributed by atoms with E-state index in [0.717, 1.165) is 49.4 Å². The van der Waals surface area contributed by atoms with Crippen molar-refractivity contribution in [2.45, 2.75) is 37.8 Å². The number of nitrogens with two attached hydrogens (primary N) is 1. The molecule has 1 heterocycles. The highest BCUT2D eigenvalue weighted by molar-refractivity contribution is 6.31. The highest BCUT2D eigenvalue weighted by Crippen LogP contribution is 2.28. The number of halogens is 1. The van der Waals surface area contributed by atoms with E-state index in [1.165, 1.54) is 0 Å². The van der Waals surface area contributed by atoms with E-state index in [1.807, 2.05) is 24.3 Å². The van der Waals surface area contributed by atoms with Crippen molar-refractivity contribution in [3.05, 3.63) is 34.9 Å². The van der Waals surface area contributed by atoms with Gasteiger partial charge in [0.05, 0.1) is 19.3 Å². The number of hydrogen-bond acceptors (Lipinski definition) is 4. The third kappa shape index (κ3) is 4.94. The van der Waals surface area contributed by atoms with E-state index in [9.17, 15) is 4.79 Å². The van der Waals surface area contributed by atoms with Crippen molar-refractivity contribution >= 4 is 17.5 Å². The smallest absolute Gasteiger partial charge is 0.223 e. The molecule has 0 radical (unpaired) electrons. The maximum Gasteiger partial charge on any atom is 0.223 e. The van der Waals surface area contributed by atoms with Gasteiger partial charge in [-0.05, 0) is 30.9 Å². The average Bonchev–Trinajstić information content (AvgIpc) is 2.64. The van der Waals surface area contributed by atoms with Crippen LogP contribution in [0.15, 0.2) is 24.3 Å². The third-order valence-corrected chi connectivity index (χ3v) is 5.65. The summed E-state index contributed by atoms with van der Waals surface area (Å²) in [6, 6.07) is 8.11. The van der Waals surface area contributed by atoms with Crippen LogP contribution in [0.25, 0.3) is 0 Å². The Morgan fingerprint density at radius 3 is 2.80 bits per heavy atom. The van der Waals surface area contributed by atoms with E-state index in [0.29, 0.717) is 19.8 Å². The number of ether oxygens (including phenoxy) is 1. The number of hydrogen-bond donors (Lipinski definition) is 2. The molecule has 6 heteroatoms. The Hall–Kier alpha value is -1.14. The molecule has 1 aliphatic heterocycles. The number of nitrogens with zero attached hydrogens (tertiary/aromatic N) is 1. The molecule has 138 valence electrons. The van der Waals surface area contributed by atoms with Gasteiger partial charge in [-0.1, -0.05) is 36.2 Å². The summed E-state index contributed by atoms with van der Waals surface area (Å²) in [7, 11) is 0. The predicted octanol–water partition coefficient (Wildman–Crippen LogP) is 2.35. The first-order valence-corrected chi connectivity index (χ1v) is 9.62. The molecule has 0 unspecified atom stereocenters. The first-order valence-electron chi connectivity index (χ1n) is 9.24. The lowest BCUT2D eigenvalue weighted by molar-refractivity contribution is -0.126. The SMILES string of the molecule is N[C@@H]1CCC[C@H](C(=O)NC[C@@H](c2ccccc2Cl)N2CCOCC2)C1. The van der Waals surface area contributed by atoms with Gasteiger partial charge in [0.2, 0.25) is 5.91 Å². The summed E-state index contributed by atoms with van der Waals surface area (Å²) >= 11 is 6.43. The fourth-order valence-electron chi connectivity index (χ4n) is 3.88. The van der Waals surface area contributed by atoms with Gasteiger partial charge in [0.1, 0.15) is 0 Å². The fourth-order valence-corrected chi connectivity index (χ4v) is 4.14. The first kappa shape index (κ1) is 18.6. The lowest BCUT2D eigenvalue weighted by Crippen LogP contribution is -2.45. The van der Waals surface area contributed by atoms with Crippen molar-refractivity contribution in [2.75, 3.05) is 32.8 Å². The number of benzene rings is 1. The fraction of sp³-hybridized carbons (Fsp3) is 0.632. The van der Waals surface area contributed by atoms with Crippen LogP contribution in [0.4, 0.5) is 0 Å². The molecule has 3 rings (SSSR count). The van der Waals surface area contributed by atoms with Crippen molar-refractivity contribution in [2.24, 2.45) is 11.7 Å². The second-order valence-corrected chi connectivity index (χ2v) is 7.46. The van der Waals surface area contributed by atoms with Gasteiger partial charge >= 0.3 is 0 Å². The summed E-state index contributed by atoms with van der Waals surface area (Å²) in [6.07, 6.45) is 3.80. The van der Waals surface area contributed by atoms with Crippen LogP contribution in [0.2, 0.25) is 5.02 Å². The monoisotopic (exact) mass is 365 g/mol. The van der Waals surface area contributed by atoms with E-state index >= 15 is 0 Å². The van der Waals surface area contributed by atoms with Crippen LogP contribution in [0.1, 0.15) is 37.3 Å². The molecule has 1 aliphatic carbocycles. The molecule has 2 aliphatic rings. The van der Waals surface area contributed by atoms with E-state index in [1.54, 1.807) is 0 Å². The first-order chi connectivity index (χ1) is 12.1.